The highest BCUT2D eigenvalue weighted by molar-refractivity contribution is 5.78. The minimum absolute atomic E-state index is 0.273. The number of hydrogen-bond acceptors (Lipinski definition) is 3. The minimum Gasteiger partial charge on any atom is -0.339 e. The second-order valence-corrected chi connectivity index (χ2v) is 6.79. The number of amides is 1. The molecule has 0 aromatic rings. The van der Waals surface area contributed by atoms with Crippen LogP contribution in [0.25, 0.3) is 0 Å². The summed E-state index contributed by atoms with van der Waals surface area (Å²) in [5, 5.41) is 3.35. The average molecular weight is 281 g/mol. The summed E-state index contributed by atoms with van der Waals surface area (Å²) in [7, 11) is 2.12. The number of piperazine rings is 1. The van der Waals surface area contributed by atoms with E-state index in [4.69, 9.17) is 0 Å². The van der Waals surface area contributed by atoms with Crippen LogP contribution < -0.4 is 5.32 Å². The maximum absolute atomic E-state index is 12.1. The van der Waals surface area contributed by atoms with Crippen molar-refractivity contribution in [1.29, 1.82) is 0 Å². The molecule has 0 radical (unpaired) electrons. The van der Waals surface area contributed by atoms with Crippen LogP contribution in [0.15, 0.2) is 0 Å². The molecule has 20 heavy (non-hydrogen) atoms. The zero-order valence-corrected chi connectivity index (χ0v) is 13.2. The SMILES string of the molecule is CC1CCCC(CCNCC(=O)N2CCN(C)CC2)C1. The molecule has 0 aromatic carbocycles. The zero-order valence-electron chi connectivity index (χ0n) is 13.2. The molecule has 1 aliphatic carbocycles. The molecule has 4 nitrogen and oxygen atoms in total. The molecule has 1 saturated heterocycles. The van der Waals surface area contributed by atoms with E-state index in [1.165, 1.54) is 32.1 Å². The van der Waals surface area contributed by atoms with Crippen LogP contribution in [0.2, 0.25) is 0 Å². The lowest BCUT2D eigenvalue weighted by atomic mass is 9.81. The molecule has 116 valence electrons. The Labute approximate surface area is 123 Å². The average Bonchev–Trinajstić information content (AvgIpc) is 2.44. The Morgan fingerprint density at radius 1 is 1.20 bits per heavy atom. The molecule has 2 atom stereocenters. The number of nitrogens with zero attached hydrogens (tertiary/aromatic N) is 2. The molecule has 1 saturated carbocycles. The van der Waals surface area contributed by atoms with Crippen LogP contribution in [0.3, 0.4) is 0 Å². The first-order valence-electron chi connectivity index (χ1n) is 8.32. The summed E-state index contributed by atoms with van der Waals surface area (Å²) in [6, 6.07) is 0. The summed E-state index contributed by atoms with van der Waals surface area (Å²) in [4.78, 5) is 16.3. The summed E-state index contributed by atoms with van der Waals surface area (Å²) >= 11 is 0. The van der Waals surface area contributed by atoms with Crippen molar-refractivity contribution < 1.29 is 4.79 Å². The van der Waals surface area contributed by atoms with Crippen LogP contribution in [0.5, 0.6) is 0 Å². The third kappa shape index (κ3) is 5.06. The fourth-order valence-corrected chi connectivity index (χ4v) is 3.49. The maximum atomic E-state index is 12.1. The van der Waals surface area contributed by atoms with Crippen molar-refractivity contribution in [2.45, 2.75) is 39.0 Å². The lowest BCUT2D eigenvalue weighted by Gasteiger charge is -2.32. The molecular formula is C16H31N3O. The van der Waals surface area contributed by atoms with E-state index in [1.807, 2.05) is 4.90 Å². The van der Waals surface area contributed by atoms with Crippen LogP contribution in [-0.2, 0) is 4.79 Å². The normalized spacial score (nSPS) is 28.6. The van der Waals surface area contributed by atoms with Gasteiger partial charge < -0.3 is 15.1 Å². The first-order valence-corrected chi connectivity index (χ1v) is 8.32. The van der Waals surface area contributed by atoms with Gasteiger partial charge in [0.15, 0.2) is 0 Å². The smallest absolute Gasteiger partial charge is 0.236 e. The van der Waals surface area contributed by atoms with E-state index in [2.05, 4.69) is 24.2 Å². The molecule has 0 aromatic heterocycles. The zero-order chi connectivity index (χ0) is 14.4. The third-order valence-electron chi connectivity index (χ3n) is 4.91. The summed E-state index contributed by atoms with van der Waals surface area (Å²) in [5.74, 6) is 2.06. The highest BCUT2D eigenvalue weighted by atomic mass is 16.2. The molecule has 0 bridgehead atoms. The van der Waals surface area contributed by atoms with Crippen molar-refractivity contribution in [3.05, 3.63) is 0 Å². The summed E-state index contributed by atoms with van der Waals surface area (Å²) in [5.41, 5.74) is 0. The molecule has 4 heteroatoms. The fraction of sp³-hybridized carbons (Fsp3) is 0.938. The monoisotopic (exact) mass is 281 g/mol. The number of nitrogens with one attached hydrogen (secondary N) is 1. The van der Waals surface area contributed by atoms with E-state index in [0.717, 1.165) is 44.6 Å². The van der Waals surface area contributed by atoms with Gasteiger partial charge in [0.05, 0.1) is 6.54 Å². The predicted molar refractivity (Wildman–Crippen MR) is 82.7 cm³/mol. The minimum atomic E-state index is 0.273. The lowest BCUT2D eigenvalue weighted by molar-refractivity contribution is -0.131. The highest BCUT2D eigenvalue weighted by Gasteiger charge is 2.20. The van der Waals surface area contributed by atoms with Crippen molar-refractivity contribution in [3.63, 3.8) is 0 Å². The van der Waals surface area contributed by atoms with Crippen molar-refractivity contribution in [1.82, 2.24) is 15.1 Å². The van der Waals surface area contributed by atoms with Gasteiger partial charge in [0.2, 0.25) is 5.91 Å². The van der Waals surface area contributed by atoms with Crippen molar-refractivity contribution in [2.24, 2.45) is 11.8 Å². The van der Waals surface area contributed by atoms with E-state index >= 15 is 0 Å². The molecule has 2 unspecified atom stereocenters. The summed E-state index contributed by atoms with van der Waals surface area (Å²) in [6.45, 7) is 7.67. The molecule has 2 aliphatic rings. The van der Waals surface area contributed by atoms with Crippen molar-refractivity contribution in [3.8, 4) is 0 Å². The van der Waals surface area contributed by atoms with Gasteiger partial charge in [0, 0.05) is 26.2 Å². The Hall–Kier alpha value is -0.610. The molecule has 2 fully saturated rings. The molecular weight excluding hydrogens is 250 g/mol. The Balaban J connectivity index is 1.55. The van der Waals surface area contributed by atoms with E-state index < -0.39 is 0 Å². The number of rotatable bonds is 5. The van der Waals surface area contributed by atoms with Gasteiger partial charge in [0.1, 0.15) is 0 Å². The highest BCUT2D eigenvalue weighted by Crippen LogP contribution is 2.30. The van der Waals surface area contributed by atoms with Gasteiger partial charge in [-0.25, -0.2) is 0 Å². The number of carbonyl (C=O) groups is 1. The van der Waals surface area contributed by atoms with Crippen LogP contribution in [0.1, 0.15) is 39.0 Å². The van der Waals surface area contributed by atoms with Gasteiger partial charge in [-0.05, 0) is 38.3 Å². The Bertz CT molecular complexity index is 300. The third-order valence-corrected chi connectivity index (χ3v) is 4.91. The fourth-order valence-electron chi connectivity index (χ4n) is 3.49. The largest absolute Gasteiger partial charge is 0.339 e. The number of likely N-dealkylation sites (N-methyl/N-ethyl adjacent to an activating group) is 1. The maximum Gasteiger partial charge on any atom is 0.236 e. The second kappa shape index (κ2) is 7.99. The number of carbonyl (C=O) groups excluding carboxylic acids is 1. The van der Waals surface area contributed by atoms with Crippen LogP contribution in [0.4, 0.5) is 0 Å². The summed E-state index contributed by atoms with van der Waals surface area (Å²) in [6.07, 6.45) is 6.81. The van der Waals surface area contributed by atoms with Gasteiger partial charge in [-0.2, -0.15) is 0 Å². The molecule has 1 aliphatic heterocycles. The topological polar surface area (TPSA) is 35.6 Å². The molecule has 2 rings (SSSR count). The van der Waals surface area contributed by atoms with Gasteiger partial charge in [-0.15, -0.1) is 0 Å². The van der Waals surface area contributed by atoms with Crippen molar-refractivity contribution >= 4 is 5.91 Å². The molecule has 1 amide bonds. The Morgan fingerprint density at radius 2 is 1.95 bits per heavy atom. The lowest BCUT2D eigenvalue weighted by Crippen LogP contribution is -2.49. The van der Waals surface area contributed by atoms with E-state index in [9.17, 15) is 4.79 Å². The van der Waals surface area contributed by atoms with Crippen LogP contribution in [-0.4, -0.2) is 62.0 Å². The molecule has 1 N–H and O–H groups in total. The summed E-state index contributed by atoms with van der Waals surface area (Å²) < 4.78 is 0. The van der Waals surface area contributed by atoms with Gasteiger partial charge >= 0.3 is 0 Å². The predicted octanol–water partition coefficient (Wildman–Crippen LogP) is 1.57. The van der Waals surface area contributed by atoms with Gasteiger partial charge in [-0.3, -0.25) is 4.79 Å². The Kier molecular flexibility index (Phi) is 6.30. The van der Waals surface area contributed by atoms with Gasteiger partial charge in [-0.1, -0.05) is 26.2 Å². The number of hydrogen-bond donors (Lipinski definition) is 1. The van der Waals surface area contributed by atoms with Crippen LogP contribution in [0, 0.1) is 11.8 Å². The van der Waals surface area contributed by atoms with Gasteiger partial charge in [0.25, 0.3) is 0 Å². The van der Waals surface area contributed by atoms with E-state index in [0.29, 0.717) is 6.54 Å². The first-order chi connectivity index (χ1) is 9.65. The standard InChI is InChI=1S/C16H31N3O/c1-14-4-3-5-15(12-14)6-7-17-13-16(20)19-10-8-18(2)9-11-19/h14-15,17H,3-13H2,1-2H3. The molecule has 1 heterocycles. The quantitative estimate of drug-likeness (QED) is 0.777. The second-order valence-electron chi connectivity index (χ2n) is 6.79. The van der Waals surface area contributed by atoms with Crippen LogP contribution >= 0.6 is 0 Å². The first kappa shape index (κ1) is 15.8. The Morgan fingerprint density at radius 3 is 2.65 bits per heavy atom. The molecule has 0 spiro atoms. The van der Waals surface area contributed by atoms with E-state index in [-0.39, 0.29) is 5.91 Å². The van der Waals surface area contributed by atoms with E-state index in [1.54, 1.807) is 0 Å². The van der Waals surface area contributed by atoms with Crippen molar-refractivity contribution in [2.75, 3.05) is 46.3 Å².